The van der Waals surface area contributed by atoms with Crippen LogP contribution in [0.15, 0.2) is 86.0 Å². The number of carboxylic acids is 2. The van der Waals surface area contributed by atoms with Gasteiger partial charge in [0.2, 0.25) is 0 Å². The van der Waals surface area contributed by atoms with Crippen LogP contribution in [0.1, 0.15) is 20.7 Å². The second kappa shape index (κ2) is 20.7. The molecule has 0 aliphatic rings. The number of hydrogen-bond acceptors (Lipinski definition) is 6. The number of H-pyrrole nitrogens is 2. The van der Waals surface area contributed by atoms with Gasteiger partial charge in [-0.1, -0.05) is 47.5 Å². The average molecular weight is 544 g/mol. The van der Waals surface area contributed by atoms with Gasteiger partial charge >= 0.3 is 16.8 Å². The SMILES string of the molecule is O=C([O-])c1ccc(Cl)cc1.O=C([O-])c1ccc(Cl)cc1.[Co+2].[OH3+].[OH3+].c1c[nH]cn1.c1c[nH]cn1. The molecule has 2 heterocycles. The van der Waals surface area contributed by atoms with Crippen molar-refractivity contribution in [2.45, 2.75) is 0 Å². The molecule has 0 saturated carbocycles. The predicted octanol–water partition coefficient (Wildman–Crippen LogP) is 0.380. The van der Waals surface area contributed by atoms with Crippen LogP contribution in [0.5, 0.6) is 0 Å². The molecule has 0 saturated heterocycles. The summed E-state index contributed by atoms with van der Waals surface area (Å²) in [6.07, 6.45) is 10.2. The van der Waals surface area contributed by atoms with Crippen molar-refractivity contribution in [3.8, 4) is 0 Å². The number of carbonyl (C=O) groups excluding carboxylic acids is 2. The van der Waals surface area contributed by atoms with Crippen LogP contribution in [0, 0.1) is 0 Å². The third kappa shape index (κ3) is 17.1. The Morgan fingerprint density at radius 1 is 0.667 bits per heavy atom. The average Bonchev–Trinajstić information content (AvgIpc) is 3.48. The van der Waals surface area contributed by atoms with Crippen LogP contribution in [0.3, 0.4) is 0 Å². The smallest absolute Gasteiger partial charge is 0.545 e. The van der Waals surface area contributed by atoms with Gasteiger partial charge in [0.1, 0.15) is 0 Å². The fourth-order valence-electron chi connectivity index (χ4n) is 1.60. The van der Waals surface area contributed by atoms with E-state index < -0.39 is 11.9 Å². The molecule has 10 nitrogen and oxygen atoms in total. The number of carbonyl (C=O) groups is 2. The number of benzene rings is 2. The summed E-state index contributed by atoms with van der Waals surface area (Å²) in [6, 6.07) is 11.6. The minimum Gasteiger partial charge on any atom is -0.545 e. The standard InChI is InChI=1S/2C7H5ClO2.2C3H4N2.Co.2H2O/c2*8-6-3-1-5(2-4-6)7(9)10;2*1-2-5-3-4-1;;;/h2*1-4H,(H,9,10);2*1-3H,(H,4,5);;2*1H2/q;;;;+2;;. The molecular weight excluding hydrogens is 522 g/mol. The molecule has 0 unspecified atom stereocenters. The van der Waals surface area contributed by atoms with Crippen molar-refractivity contribution >= 4 is 35.1 Å². The van der Waals surface area contributed by atoms with Gasteiger partial charge in [0.15, 0.2) is 0 Å². The molecular formula is C20H22Cl2CoN4O6+2. The van der Waals surface area contributed by atoms with Crippen LogP contribution in [0.25, 0.3) is 0 Å². The van der Waals surface area contributed by atoms with Crippen LogP contribution < -0.4 is 10.2 Å². The van der Waals surface area contributed by atoms with Crippen molar-refractivity contribution in [3.63, 3.8) is 0 Å². The van der Waals surface area contributed by atoms with E-state index in [1.165, 1.54) is 48.5 Å². The summed E-state index contributed by atoms with van der Waals surface area (Å²) in [7, 11) is 0. The summed E-state index contributed by atoms with van der Waals surface area (Å²) in [6.45, 7) is 0. The Labute approximate surface area is 209 Å². The molecule has 4 rings (SSSR count). The van der Waals surface area contributed by atoms with E-state index in [1.54, 1.807) is 37.4 Å². The Hall–Kier alpha value is -3.19. The number of nitrogens with zero attached hydrogens (tertiary/aromatic N) is 2. The van der Waals surface area contributed by atoms with Crippen molar-refractivity contribution < 1.29 is 47.5 Å². The van der Waals surface area contributed by atoms with Crippen molar-refractivity contribution in [1.82, 2.24) is 19.9 Å². The zero-order chi connectivity index (χ0) is 22.2. The van der Waals surface area contributed by atoms with Gasteiger partial charge in [0, 0.05) is 34.8 Å². The number of nitrogens with one attached hydrogen (secondary N) is 2. The zero-order valence-corrected chi connectivity index (χ0v) is 19.4. The minimum absolute atomic E-state index is 0. The first-order valence-corrected chi connectivity index (χ1v) is 8.95. The van der Waals surface area contributed by atoms with E-state index in [1.807, 2.05) is 0 Å². The number of hydrogen-bond donors (Lipinski definition) is 2. The molecule has 0 spiro atoms. The molecule has 4 aromatic rings. The van der Waals surface area contributed by atoms with Gasteiger partial charge in [0.25, 0.3) is 0 Å². The Morgan fingerprint density at radius 3 is 1.12 bits per heavy atom. The van der Waals surface area contributed by atoms with E-state index >= 15 is 0 Å². The molecule has 0 aliphatic carbocycles. The first-order chi connectivity index (χ1) is 14.4. The summed E-state index contributed by atoms with van der Waals surface area (Å²) < 4.78 is 0. The molecule has 0 fully saturated rings. The topological polar surface area (TPSA) is 204 Å². The fourth-order valence-corrected chi connectivity index (χ4v) is 1.85. The maximum atomic E-state index is 10.2. The molecule has 13 heteroatoms. The van der Waals surface area contributed by atoms with Gasteiger partial charge < -0.3 is 40.7 Å². The quantitative estimate of drug-likeness (QED) is 0.341. The molecule has 0 atom stereocenters. The largest absolute Gasteiger partial charge is 2.00 e. The Morgan fingerprint density at radius 2 is 0.970 bits per heavy atom. The van der Waals surface area contributed by atoms with Crippen LogP contribution in [0.2, 0.25) is 10.0 Å². The van der Waals surface area contributed by atoms with E-state index in [-0.39, 0.29) is 38.9 Å². The van der Waals surface area contributed by atoms with E-state index in [0.29, 0.717) is 10.0 Å². The van der Waals surface area contributed by atoms with Crippen molar-refractivity contribution in [3.05, 3.63) is 107 Å². The second-order valence-electron chi connectivity index (χ2n) is 5.11. The predicted molar refractivity (Wildman–Crippen MR) is 118 cm³/mol. The maximum absolute atomic E-state index is 10.2. The first kappa shape index (κ1) is 34.4. The Kier molecular flexibility index (Phi) is 21.6. The Bertz CT molecular complexity index is 855. The van der Waals surface area contributed by atoms with Crippen molar-refractivity contribution in [1.29, 1.82) is 0 Å². The van der Waals surface area contributed by atoms with Gasteiger partial charge in [0.05, 0.1) is 24.6 Å². The molecule has 2 aromatic carbocycles. The number of aromatic amines is 2. The molecule has 8 N–H and O–H groups in total. The van der Waals surface area contributed by atoms with Gasteiger partial charge in [-0.05, 0) is 35.4 Å². The third-order valence-electron chi connectivity index (χ3n) is 2.97. The summed E-state index contributed by atoms with van der Waals surface area (Å²) in [5, 5.41) is 21.4. The van der Waals surface area contributed by atoms with Gasteiger partial charge in [-0.2, -0.15) is 0 Å². The summed E-state index contributed by atoms with van der Waals surface area (Å²) in [5.41, 5.74) is 0.286. The number of imidazole rings is 2. The van der Waals surface area contributed by atoms with E-state index in [2.05, 4.69) is 19.9 Å². The third-order valence-corrected chi connectivity index (χ3v) is 3.48. The monoisotopic (exact) mass is 543 g/mol. The number of halogens is 2. The molecule has 33 heavy (non-hydrogen) atoms. The zero-order valence-electron chi connectivity index (χ0n) is 16.9. The molecule has 1 radical (unpaired) electrons. The molecule has 0 aliphatic heterocycles. The first-order valence-electron chi connectivity index (χ1n) is 8.19. The summed E-state index contributed by atoms with van der Waals surface area (Å²) in [5.74, 6) is -2.37. The second-order valence-corrected chi connectivity index (χ2v) is 5.98. The van der Waals surface area contributed by atoms with Gasteiger partial charge in [-0.25, -0.2) is 9.97 Å². The van der Waals surface area contributed by atoms with E-state index in [0.717, 1.165) is 0 Å². The molecule has 0 amide bonds. The van der Waals surface area contributed by atoms with Crippen LogP contribution in [0.4, 0.5) is 0 Å². The van der Waals surface area contributed by atoms with Crippen LogP contribution in [-0.2, 0) is 27.7 Å². The molecule has 0 bridgehead atoms. The van der Waals surface area contributed by atoms with E-state index in [9.17, 15) is 19.8 Å². The Balaban J connectivity index is -0.000000368. The molecule has 2 aromatic heterocycles. The maximum Gasteiger partial charge on any atom is 2.00 e. The van der Waals surface area contributed by atoms with Crippen LogP contribution in [-0.4, -0.2) is 31.9 Å². The summed E-state index contributed by atoms with van der Waals surface area (Å²) >= 11 is 11.0. The number of carboxylic acid groups (broad SMARTS) is 2. The molecule has 179 valence electrons. The summed E-state index contributed by atoms with van der Waals surface area (Å²) in [4.78, 5) is 33.1. The van der Waals surface area contributed by atoms with Crippen LogP contribution >= 0.6 is 23.2 Å². The number of aromatic carboxylic acids is 2. The van der Waals surface area contributed by atoms with Crippen molar-refractivity contribution in [2.75, 3.05) is 0 Å². The van der Waals surface area contributed by atoms with E-state index in [4.69, 9.17) is 23.2 Å². The number of rotatable bonds is 2. The minimum atomic E-state index is -1.18. The fraction of sp³-hybridized carbons (Fsp3) is 0. The normalized spacial score (nSPS) is 8.06. The van der Waals surface area contributed by atoms with Crippen molar-refractivity contribution in [2.24, 2.45) is 0 Å². The van der Waals surface area contributed by atoms with Gasteiger partial charge in [-0.3, -0.25) is 0 Å². The van der Waals surface area contributed by atoms with Gasteiger partial charge in [-0.15, -0.1) is 0 Å². The number of aromatic nitrogens is 4.